The summed E-state index contributed by atoms with van der Waals surface area (Å²) in [6, 6.07) is 13.7. The molecule has 0 aliphatic rings. The van der Waals surface area contributed by atoms with Crippen LogP contribution in [-0.2, 0) is 0 Å². The van der Waals surface area contributed by atoms with Gasteiger partial charge in [-0.05, 0) is 43.3 Å². The van der Waals surface area contributed by atoms with E-state index in [4.69, 9.17) is 5.26 Å². The molecule has 1 N–H and O–H groups in total. The quantitative estimate of drug-likeness (QED) is 0.928. The summed E-state index contributed by atoms with van der Waals surface area (Å²) in [4.78, 5) is 1.78. The lowest BCUT2D eigenvalue weighted by Crippen LogP contribution is -2.14. The number of nitriles is 1. The lowest BCUT2D eigenvalue weighted by atomic mass is 10.1. The van der Waals surface area contributed by atoms with Crippen LogP contribution in [0, 0.1) is 17.1 Å². The zero-order chi connectivity index (χ0) is 14.7. The molecule has 0 amide bonds. The van der Waals surface area contributed by atoms with Gasteiger partial charge in [0.15, 0.2) is 0 Å². The Kier molecular flexibility index (Phi) is 4.02. The fourth-order valence-corrected chi connectivity index (χ4v) is 2.13. The molecule has 102 valence electrons. The topological polar surface area (TPSA) is 47.3 Å². The van der Waals surface area contributed by atoms with Gasteiger partial charge in [0.2, 0.25) is 0 Å². The number of benzene rings is 2. The summed E-state index contributed by atoms with van der Waals surface area (Å²) >= 11 is 0. The van der Waals surface area contributed by atoms with Crippen LogP contribution in [0.15, 0.2) is 42.5 Å². The smallest absolute Gasteiger partial charge is 0.131 e. The Labute approximate surface area is 117 Å². The fraction of sp³-hybridized carbons (Fsp3) is 0.188. The van der Waals surface area contributed by atoms with Crippen LogP contribution in [0.1, 0.15) is 24.2 Å². The zero-order valence-corrected chi connectivity index (χ0v) is 11.3. The first kappa shape index (κ1) is 14.0. The molecule has 3 nitrogen and oxygen atoms in total. The van der Waals surface area contributed by atoms with Crippen molar-refractivity contribution < 1.29 is 9.50 Å². The molecule has 0 bridgehead atoms. The summed E-state index contributed by atoms with van der Waals surface area (Å²) in [5, 5.41) is 18.5. The van der Waals surface area contributed by atoms with Crippen LogP contribution in [0.25, 0.3) is 0 Å². The lowest BCUT2D eigenvalue weighted by molar-refractivity contribution is 0.194. The van der Waals surface area contributed by atoms with Gasteiger partial charge in [0.05, 0.1) is 17.7 Å². The highest BCUT2D eigenvalue weighted by Crippen LogP contribution is 2.32. The van der Waals surface area contributed by atoms with E-state index in [2.05, 4.69) is 6.07 Å². The standard InChI is InChI=1S/C16H15FN2O/c1-11(20)16-14(17)4-3-5-15(16)19(2)13-8-6-12(10-18)7-9-13/h3-9,11,20H,1-2H3/t11-/m1/s1. The molecule has 0 heterocycles. The summed E-state index contributed by atoms with van der Waals surface area (Å²) in [5.41, 5.74) is 2.25. The Morgan fingerprint density at radius 1 is 1.20 bits per heavy atom. The SMILES string of the molecule is C[C@@H](O)c1c(F)cccc1N(C)c1ccc(C#N)cc1. The molecule has 0 aliphatic heterocycles. The van der Waals surface area contributed by atoms with Gasteiger partial charge in [-0.25, -0.2) is 4.39 Å². The van der Waals surface area contributed by atoms with Crippen LogP contribution in [0.5, 0.6) is 0 Å². The molecule has 4 heteroatoms. The predicted octanol–water partition coefficient (Wildman–Crippen LogP) is 3.52. The average Bonchev–Trinajstić information content (AvgIpc) is 2.46. The van der Waals surface area contributed by atoms with Crippen molar-refractivity contribution in [3.05, 3.63) is 59.4 Å². The van der Waals surface area contributed by atoms with E-state index in [-0.39, 0.29) is 5.56 Å². The van der Waals surface area contributed by atoms with Crippen molar-refractivity contribution in [1.82, 2.24) is 0 Å². The Bertz CT molecular complexity index is 645. The van der Waals surface area contributed by atoms with Gasteiger partial charge >= 0.3 is 0 Å². The van der Waals surface area contributed by atoms with Gasteiger partial charge in [-0.3, -0.25) is 0 Å². The maximum absolute atomic E-state index is 13.9. The summed E-state index contributed by atoms with van der Waals surface area (Å²) in [6.07, 6.45) is -0.896. The average molecular weight is 270 g/mol. The van der Waals surface area contributed by atoms with Gasteiger partial charge in [0.25, 0.3) is 0 Å². The van der Waals surface area contributed by atoms with Gasteiger partial charge in [-0.2, -0.15) is 5.26 Å². The first-order valence-corrected chi connectivity index (χ1v) is 6.25. The fourth-order valence-electron chi connectivity index (χ4n) is 2.13. The van der Waals surface area contributed by atoms with Crippen LogP contribution < -0.4 is 4.90 Å². The second-order valence-corrected chi connectivity index (χ2v) is 4.57. The lowest BCUT2D eigenvalue weighted by Gasteiger charge is -2.24. The minimum absolute atomic E-state index is 0.263. The molecule has 0 radical (unpaired) electrons. The number of hydrogen-bond acceptors (Lipinski definition) is 3. The first-order chi connectivity index (χ1) is 9.54. The Morgan fingerprint density at radius 3 is 2.40 bits per heavy atom. The van der Waals surface area contributed by atoms with Gasteiger partial charge in [-0.1, -0.05) is 6.07 Å². The van der Waals surface area contributed by atoms with Crippen LogP contribution in [0.4, 0.5) is 15.8 Å². The van der Waals surface area contributed by atoms with Gasteiger partial charge in [0.1, 0.15) is 5.82 Å². The Hall–Kier alpha value is -2.38. The highest BCUT2D eigenvalue weighted by Gasteiger charge is 2.17. The van der Waals surface area contributed by atoms with Crippen molar-refractivity contribution in [2.24, 2.45) is 0 Å². The first-order valence-electron chi connectivity index (χ1n) is 6.25. The van der Waals surface area contributed by atoms with Crippen LogP contribution >= 0.6 is 0 Å². The minimum atomic E-state index is -0.896. The third-order valence-corrected chi connectivity index (χ3v) is 3.19. The van der Waals surface area contributed by atoms with E-state index in [1.165, 1.54) is 13.0 Å². The van der Waals surface area contributed by atoms with Crippen molar-refractivity contribution in [3.63, 3.8) is 0 Å². The third kappa shape index (κ3) is 2.63. The summed E-state index contributed by atoms with van der Waals surface area (Å²) in [7, 11) is 1.79. The monoisotopic (exact) mass is 270 g/mol. The van der Waals surface area contributed by atoms with Crippen molar-refractivity contribution in [2.45, 2.75) is 13.0 Å². The van der Waals surface area contributed by atoms with E-state index in [0.29, 0.717) is 11.3 Å². The molecule has 0 fully saturated rings. The van der Waals surface area contributed by atoms with Crippen molar-refractivity contribution in [3.8, 4) is 6.07 Å². The second-order valence-electron chi connectivity index (χ2n) is 4.57. The molecule has 2 aromatic rings. The number of rotatable bonds is 3. The van der Waals surface area contributed by atoms with E-state index < -0.39 is 11.9 Å². The predicted molar refractivity (Wildman–Crippen MR) is 76.3 cm³/mol. The van der Waals surface area contributed by atoms with Crippen molar-refractivity contribution in [2.75, 3.05) is 11.9 Å². The number of aliphatic hydroxyl groups is 1. The van der Waals surface area contributed by atoms with E-state index in [1.54, 1.807) is 48.3 Å². The van der Waals surface area contributed by atoms with E-state index in [0.717, 1.165) is 5.69 Å². The number of anilines is 2. The van der Waals surface area contributed by atoms with Crippen LogP contribution in [0.3, 0.4) is 0 Å². The summed E-state index contributed by atoms with van der Waals surface area (Å²) < 4.78 is 13.9. The number of aliphatic hydroxyl groups excluding tert-OH is 1. The molecule has 0 spiro atoms. The van der Waals surface area contributed by atoms with Crippen molar-refractivity contribution in [1.29, 1.82) is 5.26 Å². The van der Waals surface area contributed by atoms with Gasteiger partial charge < -0.3 is 10.0 Å². The zero-order valence-electron chi connectivity index (χ0n) is 11.3. The maximum atomic E-state index is 13.9. The number of halogens is 1. The Balaban J connectivity index is 2.45. The molecule has 0 unspecified atom stereocenters. The molecule has 0 aliphatic carbocycles. The molecule has 0 aromatic heterocycles. The van der Waals surface area contributed by atoms with Crippen molar-refractivity contribution >= 4 is 11.4 Å². The highest BCUT2D eigenvalue weighted by molar-refractivity contribution is 5.67. The maximum Gasteiger partial charge on any atom is 0.131 e. The van der Waals surface area contributed by atoms with E-state index >= 15 is 0 Å². The van der Waals surface area contributed by atoms with Crippen LogP contribution in [0.2, 0.25) is 0 Å². The molecule has 0 saturated heterocycles. The third-order valence-electron chi connectivity index (χ3n) is 3.19. The molecular weight excluding hydrogens is 255 g/mol. The molecule has 2 rings (SSSR count). The molecule has 0 saturated carbocycles. The molecule has 20 heavy (non-hydrogen) atoms. The second kappa shape index (κ2) is 5.72. The number of nitrogens with zero attached hydrogens (tertiary/aromatic N) is 2. The van der Waals surface area contributed by atoms with Gasteiger partial charge in [-0.15, -0.1) is 0 Å². The Morgan fingerprint density at radius 2 is 1.85 bits per heavy atom. The highest BCUT2D eigenvalue weighted by atomic mass is 19.1. The molecular formula is C16H15FN2O. The van der Waals surface area contributed by atoms with Gasteiger partial charge in [0, 0.05) is 24.0 Å². The number of hydrogen-bond donors (Lipinski definition) is 1. The summed E-state index contributed by atoms with van der Waals surface area (Å²) in [6.45, 7) is 1.54. The minimum Gasteiger partial charge on any atom is -0.389 e. The largest absolute Gasteiger partial charge is 0.389 e. The van der Waals surface area contributed by atoms with Crippen LogP contribution in [-0.4, -0.2) is 12.2 Å². The van der Waals surface area contributed by atoms with E-state index in [9.17, 15) is 9.50 Å². The van der Waals surface area contributed by atoms with E-state index in [1.807, 2.05) is 0 Å². The normalized spacial score (nSPS) is 11.8. The summed E-state index contributed by atoms with van der Waals surface area (Å²) in [5.74, 6) is -0.432. The molecule has 2 aromatic carbocycles. The molecule has 1 atom stereocenters.